The summed E-state index contributed by atoms with van der Waals surface area (Å²) in [6.07, 6.45) is 8.90. The molecule has 1 saturated heterocycles. The molecule has 28 heavy (non-hydrogen) atoms. The molecule has 164 valence electrons. The largest absolute Gasteiger partial charge is 0.382 e. The molecule has 6 nitrogen and oxygen atoms in total. The van der Waals surface area contributed by atoms with E-state index in [1.165, 1.54) is 71.2 Å². The molecular formula is C22H45N5O. The first-order valence-electron chi connectivity index (χ1n) is 11.7. The minimum absolute atomic E-state index is 0.360. The maximum absolute atomic E-state index is 5.64. The van der Waals surface area contributed by atoms with Gasteiger partial charge in [-0.2, -0.15) is 0 Å². The molecular weight excluding hydrogens is 350 g/mol. The van der Waals surface area contributed by atoms with Crippen molar-refractivity contribution in [1.29, 1.82) is 0 Å². The van der Waals surface area contributed by atoms with Gasteiger partial charge < -0.3 is 25.2 Å². The lowest BCUT2D eigenvalue weighted by Gasteiger charge is -2.32. The molecule has 6 heteroatoms. The monoisotopic (exact) mass is 395 g/mol. The molecule has 0 atom stereocenters. The van der Waals surface area contributed by atoms with Gasteiger partial charge in [-0.3, -0.25) is 4.99 Å². The highest BCUT2D eigenvalue weighted by Gasteiger charge is 2.33. The van der Waals surface area contributed by atoms with Crippen LogP contribution < -0.4 is 10.6 Å². The van der Waals surface area contributed by atoms with Gasteiger partial charge >= 0.3 is 0 Å². The summed E-state index contributed by atoms with van der Waals surface area (Å²) in [5.74, 6) is 0.991. The van der Waals surface area contributed by atoms with Gasteiger partial charge in [0.05, 0.1) is 0 Å². The Labute approximate surface area is 173 Å². The first kappa shape index (κ1) is 23.4. The zero-order valence-electron chi connectivity index (χ0n) is 18.8. The van der Waals surface area contributed by atoms with Crippen molar-refractivity contribution in [2.45, 2.75) is 58.8 Å². The van der Waals surface area contributed by atoms with E-state index in [0.717, 1.165) is 45.2 Å². The molecule has 0 aromatic carbocycles. The lowest BCUT2D eigenvalue weighted by molar-refractivity contribution is 0.107. The van der Waals surface area contributed by atoms with Gasteiger partial charge in [-0.1, -0.05) is 12.8 Å². The Hall–Kier alpha value is -0.850. The lowest BCUT2D eigenvalue weighted by atomic mass is 9.83. The molecule has 2 fully saturated rings. The lowest BCUT2D eigenvalue weighted by Crippen LogP contribution is -2.44. The smallest absolute Gasteiger partial charge is 0.191 e. The Morgan fingerprint density at radius 3 is 2.46 bits per heavy atom. The Bertz CT molecular complexity index is 429. The van der Waals surface area contributed by atoms with Crippen LogP contribution in [-0.2, 0) is 4.74 Å². The molecule has 2 rings (SSSR count). The second-order valence-electron chi connectivity index (χ2n) is 8.63. The Morgan fingerprint density at radius 1 is 1.04 bits per heavy atom. The predicted octanol–water partition coefficient (Wildman–Crippen LogP) is 2.56. The van der Waals surface area contributed by atoms with E-state index in [4.69, 9.17) is 9.73 Å². The number of aliphatic imine (C=N–C) groups is 1. The van der Waals surface area contributed by atoms with Crippen molar-refractivity contribution < 1.29 is 4.74 Å². The normalized spacial score (nSPS) is 21.2. The third-order valence-electron chi connectivity index (χ3n) is 6.35. The van der Waals surface area contributed by atoms with E-state index in [1.54, 1.807) is 0 Å². The second kappa shape index (κ2) is 13.4. The van der Waals surface area contributed by atoms with Gasteiger partial charge in [-0.15, -0.1) is 0 Å². The zero-order valence-corrected chi connectivity index (χ0v) is 18.8. The minimum Gasteiger partial charge on any atom is -0.382 e. The van der Waals surface area contributed by atoms with Crippen LogP contribution in [0.25, 0.3) is 0 Å². The molecule has 0 aromatic rings. The van der Waals surface area contributed by atoms with E-state index in [-0.39, 0.29) is 0 Å². The van der Waals surface area contributed by atoms with Gasteiger partial charge in [0.25, 0.3) is 0 Å². The summed E-state index contributed by atoms with van der Waals surface area (Å²) >= 11 is 0. The molecule has 1 aliphatic heterocycles. The summed E-state index contributed by atoms with van der Waals surface area (Å²) in [5, 5.41) is 6.98. The van der Waals surface area contributed by atoms with E-state index >= 15 is 0 Å². The fourth-order valence-electron chi connectivity index (χ4n) is 4.37. The average molecular weight is 396 g/mol. The van der Waals surface area contributed by atoms with Crippen LogP contribution in [0.4, 0.5) is 0 Å². The van der Waals surface area contributed by atoms with Crippen molar-refractivity contribution in [3.63, 3.8) is 0 Å². The topological polar surface area (TPSA) is 52.1 Å². The maximum atomic E-state index is 5.64. The van der Waals surface area contributed by atoms with Gasteiger partial charge in [-0.05, 0) is 65.0 Å². The minimum atomic E-state index is 0.360. The van der Waals surface area contributed by atoms with Crippen molar-refractivity contribution in [3.8, 4) is 0 Å². The molecule has 0 radical (unpaired) electrons. The van der Waals surface area contributed by atoms with Gasteiger partial charge in [0, 0.05) is 59.0 Å². The standard InChI is InChI=1S/C22H45N5O/c1-4-23-21(24-13-8-9-14-27-17-15-26(3)16-18-27)25-20-22(10-6-7-11-22)12-19-28-5-2/h4-20H2,1-3H3,(H2,23,24,25). The molecule has 0 unspecified atom stereocenters. The molecule has 2 N–H and O–H groups in total. The van der Waals surface area contributed by atoms with Crippen LogP contribution >= 0.6 is 0 Å². The van der Waals surface area contributed by atoms with Crippen LogP contribution in [0, 0.1) is 5.41 Å². The fourth-order valence-corrected chi connectivity index (χ4v) is 4.37. The number of ether oxygens (including phenoxy) is 1. The number of likely N-dealkylation sites (N-methyl/N-ethyl adjacent to an activating group) is 1. The first-order valence-corrected chi connectivity index (χ1v) is 11.7. The molecule has 2 aliphatic rings. The number of rotatable bonds is 12. The molecule has 0 amide bonds. The summed E-state index contributed by atoms with van der Waals surface area (Å²) in [5.41, 5.74) is 0.360. The number of guanidine groups is 1. The third kappa shape index (κ3) is 8.66. The maximum Gasteiger partial charge on any atom is 0.191 e. The molecule has 1 aliphatic carbocycles. The molecule has 1 saturated carbocycles. The van der Waals surface area contributed by atoms with Gasteiger partial charge in [-0.25, -0.2) is 0 Å². The van der Waals surface area contributed by atoms with E-state index in [9.17, 15) is 0 Å². The van der Waals surface area contributed by atoms with Crippen LogP contribution in [0.5, 0.6) is 0 Å². The summed E-state index contributed by atoms with van der Waals surface area (Å²) in [7, 11) is 2.22. The van der Waals surface area contributed by atoms with Crippen molar-refractivity contribution in [1.82, 2.24) is 20.4 Å². The highest BCUT2D eigenvalue weighted by atomic mass is 16.5. The average Bonchev–Trinajstić information content (AvgIpc) is 3.16. The Morgan fingerprint density at radius 2 is 1.79 bits per heavy atom. The van der Waals surface area contributed by atoms with E-state index in [1.807, 2.05) is 0 Å². The molecule has 0 bridgehead atoms. The molecule has 0 spiro atoms. The SMILES string of the molecule is CCNC(=NCC1(CCOCC)CCCC1)NCCCCN1CCN(C)CC1. The zero-order chi connectivity index (χ0) is 20.1. The quantitative estimate of drug-likeness (QED) is 0.302. The number of nitrogens with one attached hydrogen (secondary N) is 2. The van der Waals surface area contributed by atoms with Crippen molar-refractivity contribution >= 4 is 5.96 Å². The second-order valence-corrected chi connectivity index (χ2v) is 8.63. The van der Waals surface area contributed by atoms with Crippen LogP contribution in [0.3, 0.4) is 0 Å². The number of hydrogen-bond acceptors (Lipinski definition) is 4. The molecule has 0 aromatic heterocycles. The van der Waals surface area contributed by atoms with Gasteiger partial charge in [0.1, 0.15) is 0 Å². The summed E-state index contributed by atoms with van der Waals surface area (Å²) in [4.78, 5) is 9.98. The van der Waals surface area contributed by atoms with Crippen molar-refractivity contribution in [2.75, 3.05) is 72.6 Å². The van der Waals surface area contributed by atoms with Crippen LogP contribution in [0.1, 0.15) is 58.8 Å². The Kier molecular flexibility index (Phi) is 11.2. The third-order valence-corrected chi connectivity index (χ3v) is 6.35. The van der Waals surface area contributed by atoms with Gasteiger partial charge in [0.2, 0.25) is 0 Å². The first-order chi connectivity index (χ1) is 13.7. The predicted molar refractivity (Wildman–Crippen MR) is 119 cm³/mol. The van der Waals surface area contributed by atoms with Crippen LogP contribution in [-0.4, -0.2) is 88.4 Å². The summed E-state index contributed by atoms with van der Waals surface area (Å²) in [6.45, 7) is 14.9. The fraction of sp³-hybridized carbons (Fsp3) is 0.955. The number of piperazine rings is 1. The number of hydrogen-bond donors (Lipinski definition) is 2. The van der Waals surface area contributed by atoms with Crippen molar-refractivity contribution in [2.24, 2.45) is 10.4 Å². The van der Waals surface area contributed by atoms with Crippen molar-refractivity contribution in [3.05, 3.63) is 0 Å². The number of unbranched alkanes of at least 4 members (excludes halogenated alkanes) is 1. The summed E-state index contributed by atoms with van der Waals surface area (Å²) in [6, 6.07) is 0. The Balaban J connectivity index is 1.68. The van der Waals surface area contributed by atoms with Crippen LogP contribution in [0.15, 0.2) is 4.99 Å². The summed E-state index contributed by atoms with van der Waals surface area (Å²) < 4.78 is 5.64. The number of nitrogens with zero attached hydrogens (tertiary/aromatic N) is 3. The van der Waals surface area contributed by atoms with E-state index < -0.39 is 0 Å². The van der Waals surface area contributed by atoms with Crippen LogP contribution in [0.2, 0.25) is 0 Å². The molecule has 1 heterocycles. The van der Waals surface area contributed by atoms with E-state index in [0.29, 0.717) is 5.41 Å². The highest BCUT2D eigenvalue weighted by molar-refractivity contribution is 5.79. The highest BCUT2D eigenvalue weighted by Crippen LogP contribution is 2.41. The van der Waals surface area contributed by atoms with Gasteiger partial charge in [0.15, 0.2) is 5.96 Å². The van der Waals surface area contributed by atoms with E-state index in [2.05, 4.69) is 41.3 Å².